The molecule has 1 atom stereocenters. The Kier molecular flexibility index (Phi) is 4.62. The topological polar surface area (TPSA) is 23.5 Å². The third-order valence-electron chi connectivity index (χ3n) is 2.65. The van der Waals surface area contributed by atoms with Gasteiger partial charge in [0.1, 0.15) is 0 Å². The van der Waals surface area contributed by atoms with Crippen LogP contribution < -0.4 is 0 Å². The van der Waals surface area contributed by atoms with Crippen LogP contribution in [-0.2, 0) is 0 Å². The van der Waals surface area contributed by atoms with Gasteiger partial charge in [-0.3, -0.25) is 0 Å². The molecule has 0 radical (unpaired) electrons. The molecule has 1 aliphatic heterocycles. The molecule has 0 aromatic heterocycles. The van der Waals surface area contributed by atoms with Crippen molar-refractivity contribution in [2.75, 3.05) is 20.1 Å². The van der Waals surface area contributed by atoms with Gasteiger partial charge in [0.15, 0.2) is 0 Å². The van der Waals surface area contributed by atoms with Crippen LogP contribution in [0.1, 0.15) is 38.5 Å². The molecule has 1 rings (SSSR count). The van der Waals surface area contributed by atoms with E-state index < -0.39 is 0 Å². The minimum atomic E-state index is -0.0310. The van der Waals surface area contributed by atoms with Crippen LogP contribution in [0.3, 0.4) is 0 Å². The van der Waals surface area contributed by atoms with E-state index in [-0.39, 0.29) is 6.10 Å². The Labute approximate surface area is 75.6 Å². The minimum Gasteiger partial charge on any atom is -0.393 e. The first-order valence-corrected chi connectivity index (χ1v) is 5.15. The second-order valence-corrected chi connectivity index (χ2v) is 3.95. The normalized spacial score (nSPS) is 30.0. The van der Waals surface area contributed by atoms with Crippen molar-refractivity contribution in [3.8, 4) is 0 Å². The van der Waals surface area contributed by atoms with Gasteiger partial charge >= 0.3 is 0 Å². The van der Waals surface area contributed by atoms with Crippen molar-refractivity contribution in [1.82, 2.24) is 4.90 Å². The van der Waals surface area contributed by atoms with Crippen LogP contribution in [0.4, 0.5) is 0 Å². The van der Waals surface area contributed by atoms with E-state index in [4.69, 9.17) is 0 Å². The fraction of sp³-hybridized carbons (Fsp3) is 1.00. The molecular formula is C10H21NO. The van der Waals surface area contributed by atoms with E-state index in [1.165, 1.54) is 25.8 Å². The van der Waals surface area contributed by atoms with Crippen LogP contribution in [0.15, 0.2) is 0 Å². The summed E-state index contributed by atoms with van der Waals surface area (Å²) in [5.74, 6) is 0. The molecule has 0 aromatic carbocycles. The zero-order valence-electron chi connectivity index (χ0n) is 8.13. The first kappa shape index (κ1) is 10.0. The predicted octanol–water partition coefficient (Wildman–Crippen LogP) is 1.63. The molecule has 0 spiro atoms. The van der Waals surface area contributed by atoms with Crippen molar-refractivity contribution < 1.29 is 5.11 Å². The average molecular weight is 171 g/mol. The average Bonchev–Trinajstić information content (AvgIpc) is 2.04. The number of nitrogens with zero attached hydrogens (tertiary/aromatic N) is 1. The Morgan fingerprint density at radius 3 is 2.50 bits per heavy atom. The molecule has 1 saturated heterocycles. The summed E-state index contributed by atoms with van der Waals surface area (Å²) in [5, 5.41) is 9.50. The molecule has 0 aromatic rings. The highest BCUT2D eigenvalue weighted by atomic mass is 16.3. The maximum Gasteiger partial charge on any atom is 0.0540 e. The van der Waals surface area contributed by atoms with E-state index in [1.54, 1.807) is 0 Å². The lowest BCUT2D eigenvalue weighted by Gasteiger charge is -2.19. The molecule has 0 saturated carbocycles. The molecule has 1 unspecified atom stereocenters. The Bertz CT molecular complexity index is 104. The van der Waals surface area contributed by atoms with Crippen molar-refractivity contribution in [1.29, 1.82) is 0 Å². The van der Waals surface area contributed by atoms with E-state index in [9.17, 15) is 5.11 Å². The summed E-state index contributed by atoms with van der Waals surface area (Å²) in [6, 6.07) is 0. The van der Waals surface area contributed by atoms with Crippen LogP contribution in [-0.4, -0.2) is 36.2 Å². The van der Waals surface area contributed by atoms with E-state index in [0.29, 0.717) is 0 Å². The summed E-state index contributed by atoms with van der Waals surface area (Å²) in [6.45, 7) is 2.38. The predicted molar refractivity (Wildman–Crippen MR) is 51.2 cm³/mol. The Morgan fingerprint density at radius 1 is 1.00 bits per heavy atom. The van der Waals surface area contributed by atoms with E-state index in [2.05, 4.69) is 11.9 Å². The quantitative estimate of drug-likeness (QED) is 0.599. The molecule has 2 nitrogen and oxygen atoms in total. The SMILES string of the molecule is CN1CCCCCC(O)CCC1. The number of rotatable bonds is 0. The van der Waals surface area contributed by atoms with Crippen LogP contribution in [0, 0.1) is 0 Å². The third-order valence-corrected chi connectivity index (χ3v) is 2.65. The van der Waals surface area contributed by atoms with Crippen molar-refractivity contribution in [2.24, 2.45) is 0 Å². The van der Waals surface area contributed by atoms with Gasteiger partial charge in [-0.2, -0.15) is 0 Å². The standard InChI is InChI=1S/C10H21NO/c1-11-8-4-2-3-6-10(12)7-5-9-11/h10,12H,2-9H2,1H3. The van der Waals surface area contributed by atoms with Gasteiger partial charge in [0.2, 0.25) is 0 Å². The highest BCUT2D eigenvalue weighted by Gasteiger charge is 2.07. The van der Waals surface area contributed by atoms with Gasteiger partial charge in [0, 0.05) is 0 Å². The number of aliphatic hydroxyl groups excluding tert-OH is 1. The lowest BCUT2D eigenvalue weighted by molar-refractivity contribution is 0.138. The van der Waals surface area contributed by atoms with Crippen LogP contribution in [0.5, 0.6) is 0 Å². The van der Waals surface area contributed by atoms with Crippen LogP contribution in [0.25, 0.3) is 0 Å². The number of aliphatic hydroxyl groups is 1. The Hall–Kier alpha value is -0.0800. The molecule has 72 valence electrons. The summed E-state index contributed by atoms with van der Waals surface area (Å²) in [5.41, 5.74) is 0. The summed E-state index contributed by atoms with van der Waals surface area (Å²) < 4.78 is 0. The summed E-state index contributed by atoms with van der Waals surface area (Å²) in [6.07, 6.45) is 6.90. The van der Waals surface area contributed by atoms with Gasteiger partial charge in [0.25, 0.3) is 0 Å². The van der Waals surface area contributed by atoms with E-state index in [1.807, 2.05) is 0 Å². The molecular weight excluding hydrogens is 150 g/mol. The van der Waals surface area contributed by atoms with Gasteiger partial charge in [-0.1, -0.05) is 12.8 Å². The summed E-state index contributed by atoms with van der Waals surface area (Å²) >= 11 is 0. The van der Waals surface area contributed by atoms with Crippen molar-refractivity contribution >= 4 is 0 Å². The molecule has 1 heterocycles. The zero-order chi connectivity index (χ0) is 8.81. The minimum absolute atomic E-state index is 0.0310. The van der Waals surface area contributed by atoms with Gasteiger partial charge in [0.05, 0.1) is 6.10 Å². The maximum absolute atomic E-state index is 9.50. The Morgan fingerprint density at radius 2 is 1.67 bits per heavy atom. The maximum atomic E-state index is 9.50. The first-order valence-electron chi connectivity index (χ1n) is 5.15. The fourth-order valence-electron chi connectivity index (χ4n) is 1.79. The monoisotopic (exact) mass is 171 g/mol. The largest absolute Gasteiger partial charge is 0.393 e. The molecule has 12 heavy (non-hydrogen) atoms. The van der Waals surface area contributed by atoms with Crippen molar-refractivity contribution in [2.45, 2.75) is 44.6 Å². The van der Waals surface area contributed by atoms with Gasteiger partial charge in [-0.05, 0) is 45.8 Å². The van der Waals surface area contributed by atoms with Crippen LogP contribution >= 0.6 is 0 Å². The van der Waals surface area contributed by atoms with E-state index >= 15 is 0 Å². The molecule has 1 N–H and O–H groups in total. The first-order chi connectivity index (χ1) is 5.79. The summed E-state index contributed by atoms with van der Waals surface area (Å²) in [4.78, 5) is 2.37. The van der Waals surface area contributed by atoms with E-state index in [0.717, 1.165) is 25.8 Å². The molecule has 1 aliphatic rings. The molecule has 1 fully saturated rings. The highest BCUT2D eigenvalue weighted by molar-refractivity contribution is 4.62. The lowest BCUT2D eigenvalue weighted by atomic mass is 10.0. The highest BCUT2D eigenvalue weighted by Crippen LogP contribution is 2.11. The molecule has 0 bridgehead atoms. The van der Waals surface area contributed by atoms with Gasteiger partial charge < -0.3 is 10.0 Å². The second kappa shape index (κ2) is 5.55. The second-order valence-electron chi connectivity index (χ2n) is 3.95. The molecule has 2 heteroatoms. The lowest BCUT2D eigenvalue weighted by Crippen LogP contribution is -2.23. The summed E-state index contributed by atoms with van der Waals surface area (Å²) in [7, 11) is 2.17. The van der Waals surface area contributed by atoms with Crippen LogP contribution in [0.2, 0.25) is 0 Å². The van der Waals surface area contributed by atoms with Crippen molar-refractivity contribution in [3.05, 3.63) is 0 Å². The third kappa shape index (κ3) is 4.07. The fourth-order valence-corrected chi connectivity index (χ4v) is 1.79. The molecule has 0 aliphatic carbocycles. The Balaban J connectivity index is 2.21. The smallest absolute Gasteiger partial charge is 0.0540 e. The van der Waals surface area contributed by atoms with Crippen molar-refractivity contribution in [3.63, 3.8) is 0 Å². The van der Waals surface area contributed by atoms with Gasteiger partial charge in [-0.25, -0.2) is 0 Å². The number of hydrogen-bond donors (Lipinski definition) is 1. The zero-order valence-corrected chi connectivity index (χ0v) is 8.13. The number of hydrogen-bond acceptors (Lipinski definition) is 2. The molecule has 0 amide bonds. The van der Waals surface area contributed by atoms with Gasteiger partial charge in [-0.15, -0.1) is 0 Å².